The van der Waals surface area contributed by atoms with Crippen LogP contribution in [0, 0.1) is 6.92 Å². The number of aryl methyl sites for hydroxylation is 1. The standard InChI is InChI=1S/C12H14N4O3S2/c1-3-13-21(18,19)10-6-4-5-9(7-10)11(17)14-12-16-15-8(2)20-12/h4-7,13H,3H2,1-2H3,(H,14,16,17). The van der Waals surface area contributed by atoms with Crippen LogP contribution in [0.2, 0.25) is 0 Å². The van der Waals surface area contributed by atoms with Crippen LogP contribution in [0.5, 0.6) is 0 Å². The van der Waals surface area contributed by atoms with E-state index in [9.17, 15) is 13.2 Å². The maximum absolute atomic E-state index is 12.1. The molecule has 0 saturated heterocycles. The molecule has 0 aliphatic carbocycles. The van der Waals surface area contributed by atoms with E-state index in [0.29, 0.717) is 5.13 Å². The Morgan fingerprint density at radius 3 is 2.71 bits per heavy atom. The topological polar surface area (TPSA) is 101 Å². The number of sulfonamides is 1. The zero-order chi connectivity index (χ0) is 15.5. The van der Waals surface area contributed by atoms with Gasteiger partial charge in [-0.25, -0.2) is 13.1 Å². The monoisotopic (exact) mass is 326 g/mol. The van der Waals surface area contributed by atoms with Gasteiger partial charge in [-0.3, -0.25) is 10.1 Å². The fraction of sp³-hybridized carbons (Fsp3) is 0.250. The Bertz CT molecular complexity index is 755. The Morgan fingerprint density at radius 1 is 1.33 bits per heavy atom. The molecule has 7 nitrogen and oxygen atoms in total. The summed E-state index contributed by atoms with van der Waals surface area (Å²) < 4.78 is 26.2. The maximum atomic E-state index is 12.1. The maximum Gasteiger partial charge on any atom is 0.257 e. The lowest BCUT2D eigenvalue weighted by Crippen LogP contribution is -2.23. The average molecular weight is 326 g/mol. The van der Waals surface area contributed by atoms with E-state index in [4.69, 9.17) is 0 Å². The predicted octanol–water partition coefficient (Wildman–Crippen LogP) is 1.40. The zero-order valence-electron chi connectivity index (χ0n) is 11.5. The predicted molar refractivity (Wildman–Crippen MR) is 79.9 cm³/mol. The van der Waals surface area contributed by atoms with Gasteiger partial charge in [0.1, 0.15) is 5.01 Å². The molecule has 1 aromatic heterocycles. The van der Waals surface area contributed by atoms with Gasteiger partial charge in [0.15, 0.2) is 0 Å². The van der Waals surface area contributed by atoms with Gasteiger partial charge in [-0.2, -0.15) is 0 Å². The van der Waals surface area contributed by atoms with Crippen LogP contribution in [0.1, 0.15) is 22.3 Å². The van der Waals surface area contributed by atoms with Gasteiger partial charge in [0, 0.05) is 12.1 Å². The first-order chi connectivity index (χ1) is 9.92. The van der Waals surface area contributed by atoms with E-state index in [1.807, 2.05) is 0 Å². The Balaban J connectivity index is 2.23. The van der Waals surface area contributed by atoms with Crippen LogP contribution in [0.4, 0.5) is 5.13 Å². The molecule has 112 valence electrons. The van der Waals surface area contributed by atoms with Crippen molar-refractivity contribution >= 4 is 32.4 Å². The van der Waals surface area contributed by atoms with Crippen LogP contribution in [-0.4, -0.2) is 31.1 Å². The van der Waals surface area contributed by atoms with Gasteiger partial charge < -0.3 is 0 Å². The SMILES string of the molecule is CCNS(=O)(=O)c1cccc(C(=O)Nc2nnc(C)s2)c1. The van der Waals surface area contributed by atoms with Crippen molar-refractivity contribution in [2.45, 2.75) is 18.7 Å². The number of nitrogens with zero attached hydrogens (tertiary/aromatic N) is 2. The minimum Gasteiger partial charge on any atom is -0.296 e. The molecule has 0 radical (unpaired) electrons. The van der Waals surface area contributed by atoms with Crippen molar-refractivity contribution in [2.24, 2.45) is 0 Å². The number of amides is 1. The number of nitrogens with one attached hydrogen (secondary N) is 2. The summed E-state index contributed by atoms with van der Waals surface area (Å²) in [6.07, 6.45) is 0. The molecule has 1 aromatic carbocycles. The molecule has 0 bridgehead atoms. The van der Waals surface area contributed by atoms with Crippen molar-refractivity contribution in [1.82, 2.24) is 14.9 Å². The molecule has 9 heteroatoms. The van der Waals surface area contributed by atoms with Gasteiger partial charge in [0.25, 0.3) is 5.91 Å². The molecule has 2 aromatic rings. The third-order valence-electron chi connectivity index (χ3n) is 2.49. The normalized spacial score (nSPS) is 11.3. The Labute approximate surface area is 126 Å². The summed E-state index contributed by atoms with van der Waals surface area (Å²) in [5.74, 6) is -0.431. The second-order valence-electron chi connectivity index (χ2n) is 4.11. The van der Waals surface area contributed by atoms with Gasteiger partial charge in [-0.05, 0) is 25.1 Å². The quantitative estimate of drug-likeness (QED) is 0.865. The van der Waals surface area contributed by atoms with Crippen molar-refractivity contribution in [2.75, 3.05) is 11.9 Å². The van der Waals surface area contributed by atoms with Gasteiger partial charge in [-0.15, -0.1) is 10.2 Å². The van der Waals surface area contributed by atoms with Crippen LogP contribution in [0.15, 0.2) is 29.2 Å². The average Bonchev–Trinajstić information content (AvgIpc) is 2.84. The highest BCUT2D eigenvalue weighted by atomic mass is 32.2. The lowest BCUT2D eigenvalue weighted by Gasteiger charge is -2.06. The third kappa shape index (κ3) is 3.84. The van der Waals surface area contributed by atoms with Gasteiger partial charge in [-0.1, -0.05) is 24.3 Å². The first kappa shape index (κ1) is 15.5. The van der Waals surface area contributed by atoms with E-state index in [1.165, 1.54) is 35.6 Å². The van der Waals surface area contributed by atoms with Crippen molar-refractivity contribution in [3.63, 3.8) is 0 Å². The van der Waals surface area contributed by atoms with Crippen LogP contribution in [-0.2, 0) is 10.0 Å². The van der Waals surface area contributed by atoms with E-state index in [2.05, 4.69) is 20.2 Å². The van der Waals surface area contributed by atoms with E-state index in [0.717, 1.165) is 5.01 Å². The number of rotatable bonds is 5. The molecule has 1 heterocycles. The smallest absolute Gasteiger partial charge is 0.257 e. The second-order valence-corrected chi connectivity index (χ2v) is 7.06. The number of hydrogen-bond donors (Lipinski definition) is 2. The first-order valence-corrected chi connectivity index (χ1v) is 8.43. The molecular formula is C12H14N4O3S2. The molecule has 2 N–H and O–H groups in total. The number of anilines is 1. The molecule has 2 rings (SSSR count). The number of carbonyl (C=O) groups is 1. The molecule has 0 atom stereocenters. The number of hydrogen-bond acceptors (Lipinski definition) is 6. The fourth-order valence-electron chi connectivity index (χ4n) is 1.59. The molecular weight excluding hydrogens is 312 g/mol. The third-order valence-corrected chi connectivity index (χ3v) is 4.78. The minimum atomic E-state index is -3.59. The van der Waals surface area contributed by atoms with Crippen LogP contribution >= 0.6 is 11.3 Å². The lowest BCUT2D eigenvalue weighted by molar-refractivity contribution is 0.102. The number of benzene rings is 1. The highest BCUT2D eigenvalue weighted by Gasteiger charge is 2.16. The van der Waals surface area contributed by atoms with Crippen molar-refractivity contribution in [3.8, 4) is 0 Å². The summed E-state index contributed by atoms with van der Waals surface area (Å²) in [5, 5.41) is 11.3. The lowest BCUT2D eigenvalue weighted by atomic mass is 10.2. The highest BCUT2D eigenvalue weighted by molar-refractivity contribution is 7.89. The summed E-state index contributed by atoms with van der Waals surface area (Å²) in [7, 11) is -3.59. The molecule has 0 aliphatic heterocycles. The molecule has 0 spiro atoms. The highest BCUT2D eigenvalue weighted by Crippen LogP contribution is 2.16. The Morgan fingerprint density at radius 2 is 2.10 bits per heavy atom. The van der Waals surface area contributed by atoms with E-state index >= 15 is 0 Å². The molecule has 1 amide bonds. The number of carbonyl (C=O) groups excluding carboxylic acids is 1. The largest absolute Gasteiger partial charge is 0.296 e. The molecule has 0 saturated carbocycles. The minimum absolute atomic E-state index is 0.0467. The zero-order valence-corrected chi connectivity index (χ0v) is 13.1. The van der Waals surface area contributed by atoms with E-state index in [1.54, 1.807) is 13.8 Å². The Hall–Kier alpha value is -1.84. The second kappa shape index (κ2) is 6.29. The first-order valence-electron chi connectivity index (χ1n) is 6.13. The van der Waals surface area contributed by atoms with Crippen molar-refractivity contribution in [1.29, 1.82) is 0 Å². The summed E-state index contributed by atoms with van der Waals surface area (Å²) in [6.45, 7) is 3.74. The Kier molecular flexibility index (Phi) is 4.66. The molecule has 0 fully saturated rings. The van der Waals surface area contributed by atoms with E-state index in [-0.39, 0.29) is 17.0 Å². The van der Waals surface area contributed by atoms with Crippen LogP contribution < -0.4 is 10.0 Å². The summed E-state index contributed by atoms with van der Waals surface area (Å²) in [5.41, 5.74) is 0.238. The van der Waals surface area contributed by atoms with Crippen molar-refractivity contribution in [3.05, 3.63) is 34.8 Å². The van der Waals surface area contributed by atoms with Gasteiger partial charge in [0.05, 0.1) is 4.90 Å². The van der Waals surface area contributed by atoms with Gasteiger partial charge >= 0.3 is 0 Å². The van der Waals surface area contributed by atoms with Crippen LogP contribution in [0.3, 0.4) is 0 Å². The van der Waals surface area contributed by atoms with Gasteiger partial charge in [0.2, 0.25) is 15.2 Å². The number of aromatic nitrogens is 2. The fourth-order valence-corrected chi connectivity index (χ4v) is 3.27. The van der Waals surface area contributed by atoms with Crippen molar-refractivity contribution < 1.29 is 13.2 Å². The summed E-state index contributed by atoms with van der Waals surface area (Å²) in [6, 6.07) is 5.81. The summed E-state index contributed by atoms with van der Waals surface area (Å²) in [4.78, 5) is 12.1. The summed E-state index contributed by atoms with van der Waals surface area (Å²) >= 11 is 1.24. The molecule has 21 heavy (non-hydrogen) atoms. The van der Waals surface area contributed by atoms with Crippen LogP contribution in [0.25, 0.3) is 0 Å². The van der Waals surface area contributed by atoms with E-state index < -0.39 is 15.9 Å². The molecule has 0 aliphatic rings. The molecule has 0 unspecified atom stereocenters.